The van der Waals surface area contributed by atoms with Crippen molar-refractivity contribution in [2.75, 3.05) is 0 Å². The van der Waals surface area contributed by atoms with Crippen LogP contribution in [-0.2, 0) is 0 Å². The zero-order valence-electron chi connectivity index (χ0n) is 8.70. The Kier molecular flexibility index (Phi) is 2.55. The summed E-state index contributed by atoms with van der Waals surface area (Å²) in [5.74, 6) is 1.03. The molecule has 0 unspecified atom stereocenters. The standard InChI is InChI=1S/C10H11N5O/c1-7-3-2-4-12-9(7)15-6-5-13-10(15)8(11)14-16/h2-6,16H,1H3,(H2,11,14). The fourth-order valence-electron chi connectivity index (χ4n) is 1.44. The Morgan fingerprint density at radius 1 is 1.44 bits per heavy atom. The van der Waals surface area contributed by atoms with Gasteiger partial charge in [-0.15, -0.1) is 0 Å². The zero-order chi connectivity index (χ0) is 11.5. The van der Waals surface area contributed by atoms with Gasteiger partial charge < -0.3 is 10.9 Å². The topological polar surface area (TPSA) is 89.3 Å². The Bertz CT molecular complexity index is 532. The van der Waals surface area contributed by atoms with E-state index in [-0.39, 0.29) is 5.84 Å². The van der Waals surface area contributed by atoms with Crippen LogP contribution in [0.2, 0.25) is 0 Å². The second-order valence-corrected chi connectivity index (χ2v) is 3.25. The van der Waals surface area contributed by atoms with Crippen molar-refractivity contribution in [3.63, 3.8) is 0 Å². The van der Waals surface area contributed by atoms with Gasteiger partial charge in [-0.2, -0.15) is 0 Å². The first-order valence-corrected chi connectivity index (χ1v) is 4.67. The molecule has 6 nitrogen and oxygen atoms in total. The molecular weight excluding hydrogens is 206 g/mol. The molecule has 0 amide bonds. The number of amidine groups is 1. The summed E-state index contributed by atoms with van der Waals surface area (Å²) in [5.41, 5.74) is 6.49. The van der Waals surface area contributed by atoms with Gasteiger partial charge in [-0.05, 0) is 18.6 Å². The maximum atomic E-state index is 8.64. The first kappa shape index (κ1) is 10.2. The molecule has 3 N–H and O–H groups in total. The minimum absolute atomic E-state index is 0.0462. The normalized spacial score (nSPS) is 11.7. The molecule has 0 saturated heterocycles. The smallest absolute Gasteiger partial charge is 0.206 e. The van der Waals surface area contributed by atoms with Crippen LogP contribution in [0.4, 0.5) is 0 Å². The molecule has 2 aromatic heterocycles. The van der Waals surface area contributed by atoms with Crippen molar-refractivity contribution >= 4 is 5.84 Å². The molecule has 6 heteroatoms. The van der Waals surface area contributed by atoms with E-state index in [4.69, 9.17) is 10.9 Å². The van der Waals surface area contributed by atoms with Gasteiger partial charge in [0.2, 0.25) is 5.84 Å². The quantitative estimate of drug-likeness (QED) is 0.335. The molecule has 16 heavy (non-hydrogen) atoms. The van der Waals surface area contributed by atoms with Gasteiger partial charge in [0.25, 0.3) is 0 Å². The summed E-state index contributed by atoms with van der Waals surface area (Å²) in [5, 5.41) is 11.6. The molecule has 0 aliphatic carbocycles. The van der Waals surface area contributed by atoms with Crippen molar-refractivity contribution in [1.82, 2.24) is 14.5 Å². The van der Waals surface area contributed by atoms with Gasteiger partial charge in [-0.1, -0.05) is 11.2 Å². The number of nitrogens with two attached hydrogens (primary N) is 1. The fraction of sp³-hybridized carbons (Fsp3) is 0.100. The lowest BCUT2D eigenvalue weighted by Gasteiger charge is -2.07. The van der Waals surface area contributed by atoms with Crippen LogP contribution in [-0.4, -0.2) is 25.6 Å². The van der Waals surface area contributed by atoms with Crippen molar-refractivity contribution in [2.24, 2.45) is 10.9 Å². The van der Waals surface area contributed by atoms with Gasteiger partial charge >= 0.3 is 0 Å². The predicted octanol–water partition coefficient (Wildman–Crippen LogP) is 0.670. The second kappa shape index (κ2) is 4.01. The monoisotopic (exact) mass is 217 g/mol. The number of aryl methyl sites for hydroxylation is 1. The third-order valence-corrected chi connectivity index (χ3v) is 2.19. The number of imidazole rings is 1. The van der Waals surface area contributed by atoms with Crippen molar-refractivity contribution in [3.05, 3.63) is 42.1 Å². The summed E-state index contributed by atoms with van der Waals surface area (Å²) >= 11 is 0. The number of hydrogen-bond donors (Lipinski definition) is 2. The zero-order valence-corrected chi connectivity index (χ0v) is 8.70. The molecule has 0 spiro atoms. The molecule has 82 valence electrons. The third kappa shape index (κ3) is 1.60. The lowest BCUT2D eigenvalue weighted by Crippen LogP contribution is -2.19. The highest BCUT2D eigenvalue weighted by molar-refractivity contribution is 5.94. The van der Waals surface area contributed by atoms with E-state index in [9.17, 15) is 0 Å². The highest BCUT2D eigenvalue weighted by atomic mass is 16.4. The van der Waals surface area contributed by atoms with Gasteiger partial charge in [0.15, 0.2) is 5.82 Å². The molecular formula is C10H11N5O. The third-order valence-electron chi connectivity index (χ3n) is 2.19. The van der Waals surface area contributed by atoms with Crippen LogP contribution in [0, 0.1) is 6.92 Å². The summed E-state index contributed by atoms with van der Waals surface area (Å²) in [6, 6.07) is 3.78. The van der Waals surface area contributed by atoms with Crippen LogP contribution in [0.5, 0.6) is 0 Å². The minimum atomic E-state index is -0.0462. The van der Waals surface area contributed by atoms with E-state index in [1.165, 1.54) is 0 Å². The Balaban J connectivity index is 2.58. The molecule has 0 atom stereocenters. The first-order valence-electron chi connectivity index (χ1n) is 4.67. The average Bonchev–Trinajstić information content (AvgIpc) is 2.77. The second-order valence-electron chi connectivity index (χ2n) is 3.25. The summed E-state index contributed by atoms with van der Waals surface area (Å²) in [4.78, 5) is 8.24. The molecule has 0 radical (unpaired) electrons. The van der Waals surface area contributed by atoms with Crippen molar-refractivity contribution in [1.29, 1.82) is 0 Å². The van der Waals surface area contributed by atoms with Crippen LogP contribution in [0.1, 0.15) is 11.4 Å². The van der Waals surface area contributed by atoms with E-state index >= 15 is 0 Å². The molecule has 2 heterocycles. The van der Waals surface area contributed by atoms with Crippen LogP contribution < -0.4 is 5.73 Å². The van der Waals surface area contributed by atoms with E-state index in [0.717, 1.165) is 5.56 Å². The summed E-state index contributed by atoms with van der Waals surface area (Å²) in [6.07, 6.45) is 4.96. The summed E-state index contributed by atoms with van der Waals surface area (Å²) in [6.45, 7) is 1.93. The SMILES string of the molecule is Cc1cccnc1-n1ccnc1C(N)=NO. The maximum Gasteiger partial charge on any atom is 0.206 e. The maximum absolute atomic E-state index is 8.64. The van der Waals surface area contributed by atoms with Crippen molar-refractivity contribution < 1.29 is 5.21 Å². The van der Waals surface area contributed by atoms with Gasteiger partial charge in [-0.3, -0.25) is 4.57 Å². The number of pyridine rings is 1. The predicted molar refractivity (Wildman–Crippen MR) is 58.6 cm³/mol. The van der Waals surface area contributed by atoms with E-state index < -0.39 is 0 Å². The summed E-state index contributed by atoms with van der Waals surface area (Å²) in [7, 11) is 0. The van der Waals surface area contributed by atoms with Gasteiger partial charge in [0.05, 0.1) is 0 Å². The molecule has 0 saturated carbocycles. The number of rotatable bonds is 2. The lowest BCUT2D eigenvalue weighted by atomic mass is 10.3. The lowest BCUT2D eigenvalue weighted by molar-refractivity contribution is 0.318. The highest BCUT2D eigenvalue weighted by Crippen LogP contribution is 2.11. The molecule has 0 aromatic carbocycles. The molecule has 2 aromatic rings. The average molecular weight is 217 g/mol. The Morgan fingerprint density at radius 3 is 2.94 bits per heavy atom. The number of hydrogen-bond acceptors (Lipinski definition) is 4. The number of aromatic nitrogens is 3. The highest BCUT2D eigenvalue weighted by Gasteiger charge is 2.11. The largest absolute Gasteiger partial charge is 0.409 e. The molecule has 0 aliphatic rings. The fourth-order valence-corrected chi connectivity index (χ4v) is 1.44. The van der Waals surface area contributed by atoms with E-state index in [0.29, 0.717) is 11.6 Å². The van der Waals surface area contributed by atoms with Crippen LogP contribution in [0.3, 0.4) is 0 Å². The van der Waals surface area contributed by atoms with Crippen LogP contribution >= 0.6 is 0 Å². The first-order chi connectivity index (χ1) is 7.74. The van der Waals surface area contributed by atoms with Crippen LogP contribution in [0.25, 0.3) is 5.82 Å². The van der Waals surface area contributed by atoms with Gasteiger partial charge in [-0.25, -0.2) is 9.97 Å². The summed E-state index contributed by atoms with van der Waals surface area (Å²) < 4.78 is 1.67. The van der Waals surface area contributed by atoms with E-state index in [1.54, 1.807) is 23.2 Å². The van der Waals surface area contributed by atoms with E-state index in [1.807, 2.05) is 19.1 Å². The molecule has 2 rings (SSSR count). The Labute approximate surface area is 92.1 Å². The molecule has 0 bridgehead atoms. The van der Waals surface area contributed by atoms with Gasteiger partial charge in [0.1, 0.15) is 5.82 Å². The molecule has 0 fully saturated rings. The van der Waals surface area contributed by atoms with E-state index in [2.05, 4.69) is 15.1 Å². The van der Waals surface area contributed by atoms with Gasteiger partial charge in [0, 0.05) is 18.6 Å². The Hall–Kier alpha value is -2.37. The van der Waals surface area contributed by atoms with Crippen molar-refractivity contribution in [2.45, 2.75) is 6.92 Å². The number of oxime groups is 1. The van der Waals surface area contributed by atoms with Crippen molar-refractivity contribution in [3.8, 4) is 5.82 Å². The number of nitrogens with zero attached hydrogens (tertiary/aromatic N) is 4. The minimum Gasteiger partial charge on any atom is -0.409 e. The molecule has 0 aliphatic heterocycles. The Morgan fingerprint density at radius 2 is 2.25 bits per heavy atom. The van der Waals surface area contributed by atoms with Crippen LogP contribution in [0.15, 0.2) is 35.9 Å².